The number of piperidine rings is 1. The summed E-state index contributed by atoms with van der Waals surface area (Å²) in [5, 5.41) is 6.83. The summed E-state index contributed by atoms with van der Waals surface area (Å²) in [4.78, 5) is 4.82. The lowest BCUT2D eigenvalue weighted by molar-refractivity contribution is 0.306. The first-order valence-electron chi connectivity index (χ1n) is 10.3. The molecule has 6 nitrogen and oxygen atoms in total. The standard InChI is InChI=1S/C21H36N4O2S.HI/c1-5-22-20(23-17-21(3,4)16-18-10-8-7-9-11-18)24-19-12-14-25(15-13-19)28(26,27)6-2;/h7-11,19H,5-6,12-17H2,1-4H3,(H2,22,23,24);1H. The number of nitrogens with zero attached hydrogens (tertiary/aromatic N) is 2. The Morgan fingerprint density at radius 3 is 2.34 bits per heavy atom. The smallest absolute Gasteiger partial charge is 0.213 e. The number of hydrogen-bond acceptors (Lipinski definition) is 3. The molecule has 1 heterocycles. The zero-order valence-corrected chi connectivity index (χ0v) is 21.3. The van der Waals surface area contributed by atoms with Gasteiger partial charge in [-0.3, -0.25) is 4.99 Å². The van der Waals surface area contributed by atoms with Crippen LogP contribution < -0.4 is 10.6 Å². The fraction of sp³-hybridized carbons (Fsp3) is 0.667. The molecule has 0 aliphatic carbocycles. The molecular weight excluding hydrogens is 499 g/mol. The van der Waals surface area contributed by atoms with E-state index < -0.39 is 10.0 Å². The first-order valence-corrected chi connectivity index (χ1v) is 11.9. The Bertz CT molecular complexity index is 730. The minimum absolute atomic E-state index is 0. The van der Waals surface area contributed by atoms with Crippen LogP contribution in [0.15, 0.2) is 35.3 Å². The molecule has 1 saturated heterocycles. The highest BCUT2D eigenvalue weighted by Gasteiger charge is 2.27. The van der Waals surface area contributed by atoms with E-state index in [4.69, 9.17) is 4.99 Å². The van der Waals surface area contributed by atoms with Gasteiger partial charge in [-0.05, 0) is 44.1 Å². The number of hydrogen-bond donors (Lipinski definition) is 2. The molecule has 0 saturated carbocycles. The van der Waals surface area contributed by atoms with Crippen molar-refractivity contribution in [1.82, 2.24) is 14.9 Å². The van der Waals surface area contributed by atoms with Crippen LogP contribution in [0.4, 0.5) is 0 Å². The van der Waals surface area contributed by atoms with Crippen LogP contribution >= 0.6 is 24.0 Å². The van der Waals surface area contributed by atoms with Crippen LogP contribution in [-0.2, 0) is 16.4 Å². The van der Waals surface area contributed by atoms with E-state index in [9.17, 15) is 8.42 Å². The van der Waals surface area contributed by atoms with Gasteiger partial charge in [-0.15, -0.1) is 24.0 Å². The lowest BCUT2D eigenvalue weighted by Crippen LogP contribution is -2.50. The number of guanidine groups is 1. The van der Waals surface area contributed by atoms with Crippen molar-refractivity contribution in [2.24, 2.45) is 10.4 Å². The number of aliphatic imine (C=N–C) groups is 1. The summed E-state index contributed by atoms with van der Waals surface area (Å²) < 4.78 is 25.6. The van der Waals surface area contributed by atoms with Crippen molar-refractivity contribution < 1.29 is 8.42 Å². The maximum Gasteiger partial charge on any atom is 0.213 e. The molecule has 0 unspecified atom stereocenters. The van der Waals surface area contributed by atoms with Crippen molar-refractivity contribution in [3.63, 3.8) is 0 Å². The Morgan fingerprint density at radius 2 is 1.79 bits per heavy atom. The first kappa shape index (κ1) is 26.2. The normalized spacial score (nSPS) is 16.9. The number of benzene rings is 1. The molecule has 0 spiro atoms. The van der Waals surface area contributed by atoms with Crippen molar-refractivity contribution in [2.45, 2.75) is 53.0 Å². The highest BCUT2D eigenvalue weighted by Crippen LogP contribution is 2.22. The second-order valence-corrected chi connectivity index (χ2v) is 10.5. The summed E-state index contributed by atoms with van der Waals surface area (Å²) >= 11 is 0. The molecule has 1 aliphatic rings. The van der Waals surface area contributed by atoms with Crippen LogP contribution in [0.1, 0.15) is 46.1 Å². The Kier molecular flexibility index (Phi) is 10.9. The molecule has 0 aromatic heterocycles. The van der Waals surface area contributed by atoms with Gasteiger partial charge in [0.15, 0.2) is 5.96 Å². The van der Waals surface area contributed by atoms with Crippen LogP contribution in [0.5, 0.6) is 0 Å². The first-order chi connectivity index (χ1) is 13.3. The van der Waals surface area contributed by atoms with E-state index in [0.29, 0.717) is 13.1 Å². The quantitative estimate of drug-likeness (QED) is 0.304. The second kappa shape index (κ2) is 12.1. The summed E-state index contributed by atoms with van der Waals surface area (Å²) in [6, 6.07) is 10.8. The molecule has 166 valence electrons. The molecule has 2 rings (SSSR count). The van der Waals surface area contributed by atoms with Crippen molar-refractivity contribution in [3.8, 4) is 0 Å². The summed E-state index contributed by atoms with van der Waals surface area (Å²) in [5.41, 5.74) is 1.38. The average molecular weight is 537 g/mol. The summed E-state index contributed by atoms with van der Waals surface area (Å²) in [6.07, 6.45) is 2.58. The molecule has 0 radical (unpaired) electrons. The topological polar surface area (TPSA) is 73.8 Å². The van der Waals surface area contributed by atoms with Crippen LogP contribution in [0.25, 0.3) is 0 Å². The fourth-order valence-corrected chi connectivity index (χ4v) is 4.60. The van der Waals surface area contributed by atoms with Crippen molar-refractivity contribution in [1.29, 1.82) is 0 Å². The third-order valence-corrected chi connectivity index (χ3v) is 6.97. The molecule has 8 heteroatoms. The van der Waals surface area contributed by atoms with Gasteiger partial charge < -0.3 is 10.6 Å². The SMILES string of the molecule is CCNC(=NCC(C)(C)Cc1ccccc1)NC1CCN(S(=O)(=O)CC)CC1.I. The largest absolute Gasteiger partial charge is 0.357 e. The van der Waals surface area contributed by atoms with Gasteiger partial charge in [0, 0.05) is 32.2 Å². The van der Waals surface area contributed by atoms with Crippen molar-refractivity contribution in [3.05, 3.63) is 35.9 Å². The van der Waals surface area contributed by atoms with Crippen LogP contribution in [-0.4, -0.2) is 56.7 Å². The third kappa shape index (κ3) is 8.80. The zero-order chi connectivity index (χ0) is 20.6. The number of rotatable bonds is 8. The third-order valence-electron chi connectivity index (χ3n) is 5.09. The van der Waals surface area contributed by atoms with E-state index in [2.05, 4.69) is 55.7 Å². The zero-order valence-electron chi connectivity index (χ0n) is 18.1. The maximum absolute atomic E-state index is 12.0. The predicted octanol–water partition coefficient (Wildman–Crippen LogP) is 3.24. The fourth-order valence-electron chi connectivity index (χ4n) is 3.47. The summed E-state index contributed by atoms with van der Waals surface area (Å²) in [7, 11) is -3.08. The van der Waals surface area contributed by atoms with Gasteiger partial charge in [0.05, 0.1) is 5.75 Å². The van der Waals surface area contributed by atoms with Gasteiger partial charge in [0.25, 0.3) is 0 Å². The van der Waals surface area contributed by atoms with E-state index >= 15 is 0 Å². The molecule has 29 heavy (non-hydrogen) atoms. The minimum atomic E-state index is -3.08. The minimum Gasteiger partial charge on any atom is -0.357 e. The molecule has 2 N–H and O–H groups in total. The summed E-state index contributed by atoms with van der Waals surface area (Å²) in [5.74, 6) is 0.992. The van der Waals surface area contributed by atoms with Gasteiger partial charge in [0.1, 0.15) is 0 Å². The van der Waals surface area contributed by atoms with E-state index in [1.54, 1.807) is 11.2 Å². The predicted molar refractivity (Wildman–Crippen MR) is 133 cm³/mol. The Morgan fingerprint density at radius 1 is 1.17 bits per heavy atom. The highest BCUT2D eigenvalue weighted by molar-refractivity contribution is 14.0. The molecule has 1 aromatic rings. The van der Waals surface area contributed by atoms with Crippen molar-refractivity contribution in [2.75, 3.05) is 31.9 Å². The Labute approximate surface area is 194 Å². The van der Waals surface area contributed by atoms with E-state index in [1.165, 1.54) is 5.56 Å². The maximum atomic E-state index is 12.0. The lowest BCUT2D eigenvalue weighted by Gasteiger charge is -2.32. The van der Waals surface area contributed by atoms with Gasteiger partial charge in [-0.1, -0.05) is 44.2 Å². The highest BCUT2D eigenvalue weighted by atomic mass is 127. The van der Waals surface area contributed by atoms with Crippen LogP contribution in [0.2, 0.25) is 0 Å². The summed E-state index contributed by atoms with van der Waals surface area (Å²) in [6.45, 7) is 10.9. The Balaban J connectivity index is 0.00000420. The van der Waals surface area contributed by atoms with Gasteiger partial charge in [0.2, 0.25) is 10.0 Å². The molecule has 1 fully saturated rings. The second-order valence-electron chi connectivity index (χ2n) is 8.24. The molecule has 1 aliphatic heterocycles. The van der Waals surface area contributed by atoms with Crippen LogP contribution in [0.3, 0.4) is 0 Å². The Hall–Kier alpha value is -0.870. The van der Waals surface area contributed by atoms with Gasteiger partial charge in [-0.2, -0.15) is 0 Å². The lowest BCUT2D eigenvalue weighted by atomic mass is 9.86. The molecule has 1 aromatic carbocycles. The average Bonchev–Trinajstić information content (AvgIpc) is 2.67. The van der Waals surface area contributed by atoms with Gasteiger partial charge >= 0.3 is 0 Å². The molecule has 0 atom stereocenters. The van der Waals surface area contributed by atoms with Crippen molar-refractivity contribution >= 4 is 40.0 Å². The van der Waals surface area contributed by atoms with E-state index in [-0.39, 0.29) is 41.2 Å². The van der Waals surface area contributed by atoms with E-state index in [1.807, 2.05) is 6.07 Å². The number of nitrogens with one attached hydrogen (secondary N) is 2. The number of sulfonamides is 1. The monoisotopic (exact) mass is 536 g/mol. The van der Waals surface area contributed by atoms with Crippen LogP contribution in [0, 0.1) is 5.41 Å². The molecular formula is C21H37IN4O2S. The van der Waals surface area contributed by atoms with E-state index in [0.717, 1.165) is 38.3 Å². The molecule has 0 bridgehead atoms. The van der Waals surface area contributed by atoms with Gasteiger partial charge in [-0.25, -0.2) is 12.7 Å². The number of halogens is 1. The molecule has 0 amide bonds.